The molecule has 2 rings (SSSR count). The predicted molar refractivity (Wildman–Crippen MR) is 99.1 cm³/mol. The van der Waals surface area contributed by atoms with Gasteiger partial charge in [-0.1, -0.05) is 24.3 Å². The maximum Gasteiger partial charge on any atom is 0.416 e. The Morgan fingerprint density at radius 3 is 2.04 bits per heavy atom. The van der Waals surface area contributed by atoms with E-state index in [0.29, 0.717) is 5.56 Å². The molecule has 0 unspecified atom stereocenters. The largest absolute Gasteiger partial charge is 0.416 e. The van der Waals surface area contributed by atoms with Gasteiger partial charge in [-0.15, -0.1) is 0 Å². The Morgan fingerprint density at radius 2 is 1.54 bits per heavy atom. The number of rotatable bonds is 6. The van der Waals surface area contributed by atoms with Gasteiger partial charge >= 0.3 is 6.18 Å². The molecule has 0 aromatic heterocycles. The fraction of sp³-hybridized carbons (Fsp3) is 0.222. The van der Waals surface area contributed by atoms with Crippen LogP contribution in [0.2, 0.25) is 0 Å². The summed E-state index contributed by atoms with van der Waals surface area (Å²) >= 11 is 2.15. The van der Waals surface area contributed by atoms with E-state index in [0.717, 1.165) is 21.3 Å². The summed E-state index contributed by atoms with van der Waals surface area (Å²) in [6, 6.07) is 10.8. The minimum absolute atomic E-state index is 0.144. The molecule has 0 spiro atoms. The second-order valence-electron chi connectivity index (χ2n) is 5.72. The molecule has 0 heterocycles. The second kappa shape index (κ2) is 8.52. The van der Waals surface area contributed by atoms with Crippen LogP contribution in [0, 0.1) is 3.57 Å². The van der Waals surface area contributed by atoms with Crippen LogP contribution >= 0.6 is 22.6 Å². The van der Waals surface area contributed by atoms with E-state index < -0.39 is 29.6 Å². The van der Waals surface area contributed by atoms with Gasteiger partial charge in [-0.2, -0.15) is 13.2 Å². The standard InChI is InChI=1S/C18H16F3IN2O2/c19-18(20,21)13-5-1-12(2-6-13)10-16(25)24-15(17(23)26)9-11-3-7-14(22)8-4-11/h1-8,15H,9-10H2,(H2,23,26)(H,24,25)/t15-/m1/s1. The Balaban J connectivity index is 1.99. The summed E-state index contributed by atoms with van der Waals surface area (Å²) in [6.07, 6.45) is -4.33. The smallest absolute Gasteiger partial charge is 0.368 e. The molecule has 0 bridgehead atoms. The summed E-state index contributed by atoms with van der Waals surface area (Å²) in [5.74, 6) is -1.16. The average molecular weight is 476 g/mol. The number of nitrogens with two attached hydrogens (primary N) is 1. The molecule has 2 amide bonds. The van der Waals surface area contributed by atoms with E-state index in [4.69, 9.17) is 5.73 Å². The molecule has 1 atom stereocenters. The van der Waals surface area contributed by atoms with Crippen LogP contribution in [-0.4, -0.2) is 17.9 Å². The molecule has 0 saturated heterocycles. The number of halogens is 4. The average Bonchev–Trinajstić information content (AvgIpc) is 2.55. The fourth-order valence-corrected chi connectivity index (χ4v) is 2.68. The van der Waals surface area contributed by atoms with E-state index in [1.54, 1.807) is 0 Å². The van der Waals surface area contributed by atoms with Crippen LogP contribution in [-0.2, 0) is 28.6 Å². The van der Waals surface area contributed by atoms with Crippen molar-refractivity contribution in [2.45, 2.75) is 25.1 Å². The van der Waals surface area contributed by atoms with Gasteiger partial charge in [0, 0.05) is 9.99 Å². The van der Waals surface area contributed by atoms with Crippen LogP contribution in [0.5, 0.6) is 0 Å². The summed E-state index contributed by atoms with van der Waals surface area (Å²) in [5.41, 5.74) is 5.81. The minimum atomic E-state index is -4.43. The second-order valence-corrected chi connectivity index (χ2v) is 6.97. The molecular weight excluding hydrogens is 460 g/mol. The Morgan fingerprint density at radius 1 is 1.00 bits per heavy atom. The van der Waals surface area contributed by atoms with E-state index in [2.05, 4.69) is 27.9 Å². The van der Waals surface area contributed by atoms with Crippen LogP contribution in [0.1, 0.15) is 16.7 Å². The van der Waals surface area contributed by atoms with Crippen molar-refractivity contribution in [3.05, 3.63) is 68.8 Å². The predicted octanol–water partition coefficient (Wildman–Crippen LogP) is 3.07. The van der Waals surface area contributed by atoms with Crippen LogP contribution in [0.3, 0.4) is 0 Å². The van der Waals surface area contributed by atoms with Crippen LogP contribution in [0.4, 0.5) is 13.2 Å². The maximum atomic E-state index is 12.5. The van der Waals surface area contributed by atoms with Crippen molar-refractivity contribution >= 4 is 34.4 Å². The number of alkyl halides is 3. The summed E-state index contributed by atoms with van der Waals surface area (Å²) in [6.45, 7) is 0. The summed E-state index contributed by atoms with van der Waals surface area (Å²) in [4.78, 5) is 23.7. The number of hydrogen-bond acceptors (Lipinski definition) is 2. The van der Waals surface area contributed by atoms with Crippen molar-refractivity contribution in [1.29, 1.82) is 0 Å². The minimum Gasteiger partial charge on any atom is -0.368 e. The third kappa shape index (κ3) is 6.01. The highest BCUT2D eigenvalue weighted by molar-refractivity contribution is 14.1. The molecule has 0 fully saturated rings. The number of benzene rings is 2. The van der Waals surface area contributed by atoms with Gasteiger partial charge in [0.05, 0.1) is 12.0 Å². The molecule has 8 heteroatoms. The lowest BCUT2D eigenvalue weighted by molar-refractivity contribution is -0.137. The number of primary amides is 1. The molecule has 2 aromatic rings. The first-order chi connectivity index (χ1) is 12.1. The lowest BCUT2D eigenvalue weighted by Gasteiger charge is -2.16. The SMILES string of the molecule is NC(=O)[C@@H](Cc1ccc(I)cc1)NC(=O)Cc1ccc(C(F)(F)F)cc1. The molecular formula is C18H16F3IN2O2. The van der Waals surface area contributed by atoms with Crippen molar-refractivity contribution in [3.8, 4) is 0 Å². The highest BCUT2D eigenvalue weighted by atomic mass is 127. The number of amides is 2. The molecule has 0 radical (unpaired) electrons. The van der Waals surface area contributed by atoms with Gasteiger partial charge < -0.3 is 11.1 Å². The fourth-order valence-electron chi connectivity index (χ4n) is 2.32. The van der Waals surface area contributed by atoms with E-state index in [9.17, 15) is 22.8 Å². The molecule has 2 aromatic carbocycles. The Labute approximate surface area is 162 Å². The van der Waals surface area contributed by atoms with Crippen molar-refractivity contribution in [1.82, 2.24) is 5.32 Å². The van der Waals surface area contributed by atoms with E-state index in [1.165, 1.54) is 12.1 Å². The lowest BCUT2D eigenvalue weighted by atomic mass is 10.0. The topological polar surface area (TPSA) is 72.2 Å². The third-order valence-corrected chi connectivity index (χ3v) is 4.40. The molecule has 26 heavy (non-hydrogen) atoms. The molecule has 0 saturated carbocycles. The van der Waals surface area contributed by atoms with E-state index in [-0.39, 0.29) is 12.8 Å². The molecule has 0 aliphatic rings. The monoisotopic (exact) mass is 476 g/mol. The summed E-state index contributed by atoms with van der Waals surface area (Å²) < 4.78 is 38.7. The third-order valence-electron chi connectivity index (χ3n) is 3.68. The molecule has 4 nitrogen and oxygen atoms in total. The van der Waals surface area contributed by atoms with Gasteiger partial charge in [0.25, 0.3) is 0 Å². The van der Waals surface area contributed by atoms with Gasteiger partial charge in [0.2, 0.25) is 11.8 Å². The van der Waals surface area contributed by atoms with Gasteiger partial charge in [-0.25, -0.2) is 0 Å². The van der Waals surface area contributed by atoms with Crippen molar-refractivity contribution in [2.75, 3.05) is 0 Å². The highest BCUT2D eigenvalue weighted by Gasteiger charge is 2.30. The van der Waals surface area contributed by atoms with Crippen molar-refractivity contribution < 1.29 is 22.8 Å². The first-order valence-corrected chi connectivity index (χ1v) is 8.72. The zero-order valence-electron chi connectivity index (χ0n) is 13.5. The quantitative estimate of drug-likeness (QED) is 0.630. The molecule has 138 valence electrons. The normalized spacial score (nSPS) is 12.5. The zero-order valence-corrected chi connectivity index (χ0v) is 15.7. The Kier molecular flexibility index (Phi) is 6.63. The van der Waals surface area contributed by atoms with Gasteiger partial charge in [0.15, 0.2) is 0 Å². The number of hydrogen-bond donors (Lipinski definition) is 2. The van der Waals surface area contributed by atoms with Gasteiger partial charge in [-0.3, -0.25) is 9.59 Å². The summed E-state index contributed by atoms with van der Waals surface area (Å²) in [5, 5.41) is 2.54. The lowest BCUT2D eigenvalue weighted by Crippen LogP contribution is -2.46. The molecule has 0 aliphatic carbocycles. The van der Waals surface area contributed by atoms with E-state index >= 15 is 0 Å². The van der Waals surface area contributed by atoms with Gasteiger partial charge in [-0.05, 0) is 58.0 Å². The highest BCUT2D eigenvalue weighted by Crippen LogP contribution is 2.29. The first-order valence-electron chi connectivity index (χ1n) is 7.64. The first kappa shape index (κ1) is 20.2. The Hall–Kier alpha value is -2.10. The number of carbonyl (C=O) groups is 2. The maximum absolute atomic E-state index is 12.5. The number of carbonyl (C=O) groups excluding carboxylic acids is 2. The Bertz CT molecular complexity index is 775. The number of nitrogens with one attached hydrogen (secondary N) is 1. The van der Waals surface area contributed by atoms with Crippen LogP contribution in [0.25, 0.3) is 0 Å². The zero-order chi connectivity index (χ0) is 19.3. The summed E-state index contributed by atoms with van der Waals surface area (Å²) in [7, 11) is 0. The van der Waals surface area contributed by atoms with Gasteiger partial charge in [0.1, 0.15) is 6.04 Å². The van der Waals surface area contributed by atoms with Crippen LogP contribution in [0.15, 0.2) is 48.5 Å². The molecule has 3 N–H and O–H groups in total. The van der Waals surface area contributed by atoms with Crippen molar-refractivity contribution in [3.63, 3.8) is 0 Å². The molecule has 0 aliphatic heterocycles. The van der Waals surface area contributed by atoms with Crippen molar-refractivity contribution in [2.24, 2.45) is 5.73 Å². The van der Waals surface area contributed by atoms with Crippen LogP contribution < -0.4 is 11.1 Å². The van der Waals surface area contributed by atoms with E-state index in [1.807, 2.05) is 24.3 Å².